The molecular weight excluding hydrogens is 336 g/mol. The second-order valence-electron chi connectivity index (χ2n) is 7.67. The van der Waals surface area contributed by atoms with E-state index in [2.05, 4.69) is 5.32 Å². The largest absolute Gasteiger partial charge is 0.335 e. The number of hydrogen-bond acceptors (Lipinski definition) is 3. The number of fused-ring (bicyclic) bond motifs is 2. The predicted octanol–water partition coefficient (Wildman–Crippen LogP) is 3.11. The first kappa shape index (κ1) is 16.9. The number of rotatable bonds is 3. The van der Waals surface area contributed by atoms with Crippen LogP contribution in [0.15, 0.2) is 35.2 Å². The lowest BCUT2D eigenvalue weighted by molar-refractivity contribution is 0.145. The third kappa shape index (κ3) is 3.16. The van der Waals surface area contributed by atoms with Crippen molar-refractivity contribution in [1.29, 1.82) is 0 Å². The summed E-state index contributed by atoms with van der Waals surface area (Å²) in [5, 5.41) is 2.80. The number of hydrogen-bond donors (Lipinski definition) is 1. The van der Waals surface area contributed by atoms with Gasteiger partial charge in [0, 0.05) is 18.1 Å². The summed E-state index contributed by atoms with van der Waals surface area (Å²) in [6.45, 7) is 0. The fraction of sp³-hybridized carbons (Fsp3) is 0.632. The quantitative estimate of drug-likeness (QED) is 0.898. The Hall–Kier alpha value is -1.56. The number of sulfone groups is 1. The SMILES string of the molecule is O=C(NC1CCCC1)N1C2CCC1CC(S(=O)(=O)c1ccccc1)C2. The molecule has 2 saturated heterocycles. The molecule has 5 nitrogen and oxygen atoms in total. The lowest BCUT2D eigenvalue weighted by Crippen LogP contribution is -2.54. The van der Waals surface area contributed by atoms with Crippen molar-refractivity contribution in [3.8, 4) is 0 Å². The molecule has 1 aliphatic carbocycles. The molecular formula is C19H26N2O3S. The first-order chi connectivity index (χ1) is 12.1. The highest BCUT2D eigenvalue weighted by atomic mass is 32.2. The summed E-state index contributed by atoms with van der Waals surface area (Å²) in [6, 6.07) is 9.17. The van der Waals surface area contributed by atoms with E-state index in [0.717, 1.165) is 25.7 Å². The number of benzene rings is 1. The zero-order chi connectivity index (χ0) is 17.4. The fourth-order valence-corrected chi connectivity index (χ4v) is 6.71. The molecule has 2 heterocycles. The lowest BCUT2D eigenvalue weighted by atomic mass is 10.0. The molecule has 2 atom stereocenters. The van der Waals surface area contributed by atoms with Crippen LogP contribution in [0.4, 0.5) is 4.79 Å². The molecule has 3 fully saturated rings. The average molecular weight is 362 g/mol. The van der Waals surface area contributed by atoms with Gasteiger partial charge >= 0.3 is 6.03 Å². The third-order valence-corrected chi connectivity index (χ3v) is 8.31. The monoisotopic (exact) mass is 362 g/mol. The Kier molecular flexibility index (Phi) is 4.48. The number of piperidine rings is 1. The Morgan fingerprint density at radius 2 is 1.56 bits per heavy atom. The molecule has 1 N–H and O–H groups in total. The van der Waals surface area contributed by atoms with Gasteiger partial charge in [-0.25, -0.2) is 13.2 Å². The molecule has 1 aromatic rings. The molecule has 6 heteroatoms. The minimum absolute atomic E-state index is 0.0231. The van der Waals surface area contributed by atoms with Crippen LogP contribution in [0.2, 0.25) is 0 Å². The smallest absolute Gasteiger partial charge is 0.318 e. The summed E-state index contributed by atoms with van der Waals surface area (Å²) in [5.74, 6) is 0. The zero-order valence-corrected chi connectivity index (χ0v) is 15.2. The first-order valence-electron chi connectivity index (χ1n) is 9.43. The molecule has 0 aromatic heterocycles. The Labute approximate surface area is 149 Å². The van der Waals surface area contributed by atoms with Crippen molar-refractivity contribution in [3.05, 3.63) is 30.3 Å². The molecule has 4 rings (SSSR count). The number of urea groups is 1. The summed E-state index contributed by atoms with van der Waals surface area (Å²) in [7, 11) is -3.32. The van der Waals surface area contributed by atoms with Gasteiger partial charge in [0.15, 0.2) is 9.84 Å². The summed E-state index contributed by atoms with van der Waals surface area (Å²) in [4.78, 5) is 15.1. The second-order valence-corrected chi connectivity index (χ2v) is 9.90. The minimum Gasteiger partial charge on any atom is -0.335 e. The minimum atomic E-state index is -3.32. The van der Waals surface area contributed by atoms with Crippen LogP contribution in [-0.4, -0.2) is 42.7 Å². The van der Waals surface area contributed by atoms with Crippen LogP contribution >= 0.6 is 0 Å². The van der Waals surface area contributed by atoms with Gasteiger partial charge in [-0.1, -0.05) is 31.0 Å². The fourth-order valence-electron chi connectivity index (χ4n) is 4.83. The van der Waals surface area contributed by atoms with Crippen molar-refractivity contribution in [3.63, 3.8) is 0 Å². The zero-order valence-electron chi connectivity index (χ0n) is 14.4. The molecule has 3 aliphatic rings. The van der Waals surface area contributed by atoms with Crippen LogP contribution in [0.25, 0.3) is 0 Å². The van der Waals surface area contributed by atoms with Crippen LogP contribution in [0.3, 0.4) is 0 Å². The maximum atomic E-state index is 12.9. The molecule has 1 saturated carbocycles. The molecule has 136 valence electrons. The van der Waals surface area contributed by atoms with Crippen molar-refractivity contribution in [2.45, 2.75) is 79.6 Å². The summed E-state index contributed by atoms with van der Waals surface area (Å²) in [6.07, 6.45) is 7.48. The Bertz CT molecular complexity index is 714. The van der Waals surface area contributed by atoms with E-state index in [-0.39, 0.29) is 23.4 Å². The van der Waals surface area contributed by atoms with E-state index >= 15 is 0 Å². The second kappa shape index (κ2) is 6.63. The Morgan fingerprint density at radius 3 is 2.16 bits per heavy atom. The highest BCUT2D eigenvalue weighted by Gasteiger charge is 2.47. The van der Waals surface area contributed by atoms with Gasteiger partial charge in [-0.05, 0) is 50.7 Å². The van der Waals surface area contributed by atoms with E-state index in [0.29, 0.717) is 23.8 Å². The highest BCUT2D eigenvalue weighted by molar-refractivity contribution is 7.92. The van der Waals surface area contributed by atoms with Gasteiger partial charge in [0.25, 0.3) is 0 Å². The topological polar surface area (TPSA) is 66.5 Å². The molecule has 25 heavy (non-hydrogen) atoms. The normalized spacial score (nSPS) is 29.8. The maximum absolute atomic E-state index is 12.9. The predicted molar refractivity (Wildman–Crippen MR) is 96.1 cm³/mol. The maximum Gasteiger partial charge on any atom is 0.318 e. The van der Waals surface area contributed by atoms with Crippen molar-refractivity contribution >= 4 is 15.9 Å². The summed E-state index contributed by atoms with van der Waals surface area (Å²) in [5.41, 5.74) is 0. The molecule has 0 radical (unpaired) electrons. The van der Waals surface area contributed by atoms with E-state index < -0.39 is 9.84 Å². The number of nitrogens with one attached hydrogen (secondary N) is 1. The number of carbonyl (C=O) groups is 1. The van der Waals surface area contributed by atoms with Crippen LogP contribution in [-0.2, 0) is 9.84 Å². The molecule has 0 spiro atoms. The van der Waals surface area contributed by atoms with Gasteiger partial charge in [0.05, 0.1) is 10.1 Å². The number of nitrogens with zero attached hydrogens (tertiary/aromatic N) is 1. The highest BCUT2D eigenvalue weighted by Crippen LogP contribution is 2.40. The van der Waals surface area contributed by atoms with Crippen LogP contribution in [0.5, 0.6) is 0 Å². The van der Waals surface area contributed by atoms with E-state index in [9.17, 15) is 13.2 Å². The standard InChI is InChI=1S/C19H26N2O3S/c22-19(20-14-6-4-5-7-14)21-15-10-11-16(21)13-18(12-15)25(23,24)17-8-2-1-3-9-17/h1-3,8-9,14-16,18H,4-7,10-13H2,(H,20,22). The molecule has 1 aromatic carbocycles. The van der Waals surface area contributed by atoms with Gasteiger partial charge < -0.3 is 10.2 Å². The molecule has 2 amide bonds. The van der Waals surface area contributed by atoms with Gasteiger partial charge in [-0.15, -0.1) is 0 Å². The summed E-state index contributed by atoms with van der Waals surface area (Å²) < 4.78 is 25.9. The van der Waals surface area contributed by atoms with Crippen molar-refractivity contribution < 1.29 is 13.2 Å². The third-order valence-electron chi connectivity index (χ3n) is 6.12. The molecule has 2 unspecified atom stereocenters. The van der Waals surface area contributed by atoms with E-state index in [4.69, 9.17) is 0 Å². The van der Waals surface area contributed by atoms with Crippen molar-refractivity contribution in [2.24, 2.45) is 0 Å². The van der Waals surface area contributed by atoms with Crippen LogP contribution in [0, 0.1) is 0 Å². The first-order valence-corrected chi connectivity index (χ1v) is 11.0. The summed E-state index contributed by atoms with van der Waals surface area (Å²) >= 11 is 0. The number of carbonyl (C=O) groups excluding carboxylic acids is 1. The Morgan fingerprint density at radius 1 is 0.960 bits per heavy atom. The molecule has 2 bridgehead atoms. The number of amides is 2. The average Bonchev–Trinajstić information content (AvgIpc) is 3.21. The van der Waals surface area contributed by atoms with E-state index in [1.807, 2.05) is 11.0 Å². The van der Waals surface area contributed by atoms with E-state index in [1.165, 1.54) is 12.8 Å². The van der Waals surface area contributed by atoms with Crippen molar-refractivity contribution in [1.82, 2.24) is 10.2 Å². The van der Waals surface area contributed by atoms with Crippen molar-refractivity contribution in [2.75, 3.05) is 0 Å². The molecule has 2 aliphatic heterocycles. The van der Waals surface area contributed by atoms with Gasteiger partial charge in [-0.2, -0.15) is 0 Å². The van der Waals surface area contributed by atoms with Crippen LogP contribution in [0.1, 0.15) is 51.4 Å². The van der Waals surface area contributed by atoms with Gasteiger partial charge in [0.1, 0.15) is 0 Å². The lowest BCUT2D eigenvalue weighted by Gasteiger charge is -2.39. The van der Waals surface area contributed by atoms with Gasteiger partial charge in [-0.3, -0.25) is 0 Å². The van der Waals surface area contributed by atoms with E-state index in [1.54, 1.807) is 24.3 Å². The van der Waals surface area contributed by atoms with Gasteiger partial charge in [0.2, 0.25) is 0 Å². The van der Waals surface area contributed by atoms with Crippen LogP contribution < -0.4 is 5.32 Å². The Balaban J connectivity index is 1.47.